The predicted octanol–water partition coefficient (Wildman–Crippen LogP) is 3.68. The molecule has 3 aromatic rings. The number of hydrogen-bond donors (Lipinski definition) is 1. The number of carbonyl (C=O) groups excluding carboxylic acids is 1. The number of benzene rings is 2. The molecule has 0 spiro atoms. The molecular formula is C20H14F2N2O4. The third-order valence-electron chi connectivity index (χ3n) is 4.02. The van der Waals surface area contributed by atoms with Crippen molar-refractivity contribution in [2.45, 2.75) is 6.54 Å². The van der Waals surface area contributed by atoms with Crippen molar-refractivity contribution in [1.82, 2.24) is 10.5 Å². The van der Waals surface area contributed by atoms with E-state index in [2.05, 4.69) is 10.5 Å². The zero-order chi connectivity index (χ0) is 19.5. The number of carbonyl (C=O) groups is 1. The van der Waals surface area contributed by atoms with Gasteiger partial charge in [0.15, 0.2) is 17.3 Å². The highest BCUT2D eigenvalue weighted by Crippen LogP contribution is 2.32. The molecule has 8 heteroatoms. The van der Waals surface area contributed by atoms with E-state index in [0.29, 0.717) is 17.2 Å². The number of amides is 1. The van der Waals surface area contributed by atoms with E-state index in [1.165, 1.54) is 18.2 Å². The summed E-state index contributed by atoms with van der Waals surface area (Å²) in [6.07, 6.45) is 3.01. The van der Waals surface area contributed by atoms with Crippen LogP contribution in [0.3, 0.4) is 0 Å². The molecule has 1 amide bonds. The standard InChI is InChI=1S/C20H14F2N2O4/c21-13-3-4-15(16(22)8-13)18-9-14(24-28-18)10-23-20(25)6-2-12-1-5-17-19(7-12)27-11-26-17/h1-9H,10-11H2,(H,23,25). The van der Waals surface area contributed by atoms with Gasteiger partial charge < -0.3 is 19.3 Å². The van der Waals surface area contributed by atoms with Gasteiger partial charge in [0, 0.05) is 18.2 Å². The molecule has 0 bridgehead atoms. The Bertz CT molecular complexity index is 1060. The van der Waals surface area contributed by atoms with Crippen molar-refractivity contribution >= 4 is 12.0 Å². The van der Waals surface area contributed by atoms with E-state index >= 15 is 0 Å². The molecule has 1 N–H and O–H groups in total. The third kappa shape index (κ3) is 3.85. The minimum Gasteiger partial charge on any atom is -0.454 e. The Morgan fingerprint density at radius 3 is 2.82 bits per heavy atom. The lowest BCUT2D eigenvalue weighted by molar-refractivity contribution is -0.116. The fraction of sp³-hybridized carbons (Fsp3) is 0.100. The van der Waals surface area contributed by atoms with Crippen molar-refractivity contribution in [3.05, 3.63) is 71.4 Å². The normalized spacial score (nSPS) is 12.5. The number of nitrogens with zero attached hydrogens (tertiary/aromatic N) is 1. The lowest BCUT2D eigenvalue weighted by atomic mass is 10.1. The Kier molecular flexibility index (Phi) is 4.76. The average molecular weight is 384 g/mol. The van der Waals surface area contributed by atoms with E-state index in [1.54, 1.807) is 24.3 Å². The lowest BCUT2D eigenvalue weighted by Gasteiger charge is -1.99. The fourth-order valence-corrected chi connectivity index (χ4v) is 2.64. The van der Waals surface area contributed by atoms with Gasteiger partial charge in [0.1, 0.15) is 17.3 Å². The molecular weight excluding hydrogens is 370 g/mol. The predicted molar refractivity (Wildman–Crippen MR) is 95.3 cm³/mol. The summed E-state index contributed by atoms with van der Waals surface area (Å²) in [4.78, 5) is 12.0. The van der Waals surface area contributed by atoms with Crippen LogP contribution in [0.25, 0.3) is 17.4 Å². The van der Waals surface area contributed by atoms with E-state index in [4.69, 9.17) is 14.0 Å². The van der Waals surface area contributed by atoms with Crippen LogP contribution in [-0.2, 0) is 11.3 Å². The van der Waals surface area contributed by atoms with Crippen molar-refractivity contribution in [1.29, 1.82) is 0 Å². The van der Waals surface area contributed by atoms with Crippen LogP contribution in [0, 0.1) is 11.6 Å². The summed E-state index contributed by atoms with van der Waals surface area (Å²) in [5.41, 5.74) is 1.28. The van der Waals surface area contributed by atoms with E-state index in [1.807, 2.05) is 0 Å². The molecule has 1 aliphatic heterocycles. The molecule has 4 rings (SSSR count). The smallest absolute Gasteiger partial charge is 0.244 e. The summed E-state index contributed by atoms with van der Waals surface area (Å²) in [6, 6.07) is 9.99. The summed E-state index contributed by atoms with van der Waals surface area (Å²) >= 11 is 0. The number of fused-ring (bicyclic) bond motifs is 1. The monoisotopic (exact) mass is 384 g/mol. The molecule has 0 aliphatic carbocycles. The maximum Gasteiger partial charge on any atom is 0.244 e. The van der Waals surface area contributed by atoms with E-state index in [0.717, 1.165) is 17.7 Å². The molecule has 0 saturated heterocycles. The summed E-state index contributed by atoms with van der Waals surface area (Å²) < 4.78 is 42.3. The fourth-order valence-electron chi connectivity index (χ4n) is 2.64. The van der Waals surface area contributed by atoms with Crippen molar-refractivity contribution in [3.8, 4) is 22.8 Å². The maximum absolute atomic E-state index is 13.8. The molecule has 0 fully saturated rings. The highest BCUT2D eigenvalue weighted by molar-refractivity contribution is 5.91. The van der Waals surface area contributed by atoms with Gasteiger partial charge in [-0.05, 0) is 35.9 Å². The maximum atomic E-state index is 13.8. The first kappa shape index (κ1) is 17.7. The molecule has 1 aromatic heterocycles. The van der Waals surface area contributed by atoms with Crippen molar-refractivity contribution in [2.75, 3.05) is 6.79 Å². The topological polar surface area (TPSA) is 73.6 Å². The van der Waals surface area contributed by atoms with E-state index in [9.17, 15) is 13.6 Å². The summed E-state index contributed by atoms with van der Waals surface area (Å²) in [7, 11) is 0. The average Bonchev–Trinajstić information content (AvgIpc) is 3.33. The summed E-state index contributed by atoms with van der Waals surface area (Å²) in [5, 5.41) is 6.43. The molecule has 2 aromatic carbocycles. The van der Waals surface area contributed by atoms with Gasteiger partial charge in [0.2, 0.25) is 12.7 Å². The van der Waals surface area contributed by atoms with Gasteiger partial charge >= 0.3 is 0 Å². The zero-order valence-corrected chi connectivity index (χ0v) is 14.4. The Balaban J connectivity index is 1.35. The molecule has 6 nitrogen and oxygen atoms in total. The second kappa shape index (κ2) is 7.51. The Morgan fingerprint density at radius 2 is 1.96 bits per heavy atom. The number of ether oxygens (including phenoxy) is 2. The number of nitrogens with one attached hydrogen (secondary N) is 1. The van der Waals surface area contributed by atoms with E-state index in [-0.39, 0.29) is 30.6 Å². The number of aromatic nitrogens is 1. The van der Waals surface area contributed by atoms with Gasteiger partial charge in [-0.1, -0.05) is 11.2 Å². The van der Waals surface area contributed by atoms with Crippen molar-refractivity contribution in [3.63, 3.8) is 0 Å². The van der Waals surface area contributed by atoms with Gasteiger partial charge in [0.25, 0.3) is 0 Å². The first-order chi connectivity index (χ1) is 13.6. The van der Waals surface area contributed by atoms with Gasteiger partial charge in [-0.25, -0.2) is 8.78 Å². The largest absolute Gasteiger partial charge is 0.454 e. The summed E-state index contributed by atoms with van der Waals surface area (Å²) in [5.74, 6) is -0.319. The molecule has 2 heterocycles. The minimum atomic E-state index is -0.751. The minimum absolute atomic E-state index is 0.0918. The first-order valence-corrected chi connectivity index (χ1v) is 8.35. The van der Waals surface area contributed by atoms with Gasteiger partial charge in [0.05, 0.1) is 12.1 Å². The number of hydrogen-bond acceptors (Lipinski definition) is 5. The molecule has 0 radical (unpaired) electrons. The van der Waals surface area contributed by atoms with E-state index < -0.39 is 11.6 Å². The molecule has 142 valence electrons. The Morgan fingerprint density at radius 1 is 1.11 bits per heavy atom. The van der Waals surface area contributed by atoms with Crippen LogP contribution in [0.15, 0.2) is 53.1 Å². The quantitative estimate of drug-likeness (QED) is 0.680. The second-order valence-corrected chi connectivity index (χ2v) is 5.97. The van der Waals surface area contributed by atoms with Crippen LogP contribution in [0.4, 0.5) is 8.78 Å². The highest BCUT2D eigenvalue weighted by atomic mass is 19.1. The Hall–Kier alpha value is -3.68. The molecule has 0 saturated carbocycles. The van der Waals surface area contributed by atoms with Crippen LogP contribution in [0.1, 0.15) is 11.3 Å². The SMILES string of the molecule is O=C(C=Cc1ccc2c(c1)OCO2)NCc1cc(-c2ccc(F)cc2F)on1. The molecule has 1 aliphatic rings. The zero-order valence-electron chi connectivity index (χ0n) is 14.4. The lowest BCUT2D eigenvalue weighted by Crippen LogP contribution is -2.20. The first-order valence-electron chi connectivity index (χ1n) is 8.35. The van der Waals surface area contributed by atoms with Crippen LogP contribution in [-0.4, -0.2) is 17.9 Å². The highest BCUT2D eigenvalue weighted by Gasteiger charge is 2.13. The van der Waals surface area contributed by atoms with Gasteiger partial charge in [-0.3, -0.25) is 4.79 Å². The van der Waals surface area contributed by atoms with Gasteiger partial charge in [-0.15, -0.1) is 0 Å². The van der Waals surface area contributed by atoms with Crippen LogP contribution in [0.2, 0.25) is 0 Å². The van der Waals surface area contributed by atoms with Crippen molar-refractivity contribution in [2.24, 2.45) is 0 Å². The Labute approximate surface area is 158 Å². The van der Waals surface area contributed by atoms with Crippen LogP contribution < -0.4 is 14.8 Å². The van der Waals surface area contributed by atoms with Crippen LogP contribution in [0.5, 0.6) is 11.5 Å². The number of halogens is 2. The van der Waals surface area contributed by atoms with Crippen LogP contribution >= 0.6 is 0 Å². The van der Waals surface area contributed by atoms with Gasteiger partial charge in [-0.2, -0.15) is 0 Å². The molecule has 0 unspecified atom stereocenters. The molecule has 28 heavy (non-hydrogen) atoms. The second-order valence-electron chi connectivity index (χ2n) is 5.97. The van der Waals surface area contributed by atoms with Crippen molar-refractivity contribution < 1.29 is 27.6 Å². The molecule has 0 atom stereocenters. The number of rotatable bonds is 5. The summed E-state index contributed by atoms with van der Waals surface area (Å²) in [6.45, 7) is 0.279. The third-order valence-corrected chi connectivity index (χ3v) is 4.02.